The first-order valence-corrected chi connectivity index (χ1v) is 10.7. The van der Waals surface area contributed by atoms with Crippen molar-refractivity contribution in [3.63, 3.8) is 0 Å². The second-order valence-electron chi connectivity index (χ2n) is 7.79. The van der Waals surface area contributed by atoms with Gasteiger partial charge >= 0.3 is 5.69 Å². The van der Waals surface area contributed by atoms with E-state index < -0.39 is 55.5 Å². The average Bonchev–Trinajstić information content (AvgIpc) is 3.30. The predicted octanol–water partition coefficient (Wildman–Crippen LogP) is 1.15. The summed E-state index contributed by atoms with van der Waals surface area (Å²) in [7, 11) is 1.29. The van der Waals surface area contributed by atoms with E-state index in [4.69, 9.17) is 18.1 Å². The van der Waals surface area contributed by atoms with Crippen molar-refractivity contribution in [3.8, 4) is 11.8 Å². The number of aryl methyl sites for hydroxylation is 2. The number of benzene rings is 1. The summed E-state index contributed by atoms with van der Waals surface area (Å²) < 4.78 is 78.9. The number of imidazole rings is 1. The molecule has 0 radical (unpaired) electrons. The van der Waals surface area contributed by atoms with Gasteiger partial charge in [0.05, 0.1) is 21.3 Å². The normalized spacial score (nSPS) is 27.7. The summed E-state index contributed by atoms with van der Waals surface area (Å²) in [5, 5.41) is 0.785. The highest BCUT2D eigenvalue weighted by Crippen LogP contribution is 2.23. The Morgan fingerprint density at radius 2 is 2.03 bits per heavy atom. The van der Waals surface area contributed by atoms with Crippen LogP contribution in [-0.2, 0) is 20.1 Å². The number of aromatic nitrogens is 6. The first kappa shape index (κ1) is 14.4. The van der Waals surface area contributed by atoms with Crippen molar-refractivity contribution >= 4 is 28.0 Å². The number of nitrogens with two attached hydrogens (primary N) is 1. The predicted molar refractivity (Wildman–Crippen MR) is 135 cm³/mol. The van der Waals surface area contributed by atoms with Gasteiger partial charge in [0.2, 0.25) is 5.95 Å². The first-order valence-electron chi connectivity index (χ1n) is 15.2. The van der Waals surface area contributed by atoms with Crippen LogP contribution in [0, 0.1) is 18.8 Å². The molecule has 180 valence electrons. The fourth-order valence-corrected chi connectivity index (χ4v) is 3.91. The van der Waals surface area contributed by atoms with E-state index in [9.17, 15) is 9.59 Å². The zero-order valence-corrected chi connectivity index (χ0v) is 19.2. The summed E-state index contributed by atoms with van der Waals surface area (Å²) in [5.41, 5.74) is 4.64. The van der Waals surface area contributed by atoms with Gasteiger partial charge in [-0.15, -0.1) is 5.92 Å². The lowest BCUT2D eigenvalue weighted by Crippen LogP contribution is -2.44. The molecule has 1 aromatic carbocycles. The van der Waals surface area contributed by atoms with Crippen LogP contribution in [0.4, 0.5) is 5.95 Å². The van der Waals surface area contributed by atoms with Gasteiger partial charge in [-0.2, -0.15) is 4.98 Å². The molecule has 1 atom stereocenters. The van der Waals surface area contributed by atoms with Crippen molar-refractivity contribution in [2.75, 3.05) is 17.9 Å². The van der Waals surface area contributed by atoms with E-state index >= 15 is 0 Å². The Morgan fingerprint density at radius 3 is 2.83 bits per heavy atom. The maximum atomic E-state index is 14.0. The molecule has 0 unspecified atom stereocenters. The smallest absolute Gasteiger partial charge is 0.332 e. The number of para-hydroxylation sites is 1. The molecule has 1 fully saturated rings. The van der Waals surface area contributed by atoms with Gasteiger partial charge in [0.25, 0.3) is 5.56 Å². The third-order valence-electron chi connectivity index (χ3n) is 5.56. The highest BCUT2D eigenvalue weighted by atomic mass is 16.2. The second kappa shape index (κ2) is 9.00. The molecular formula is C25H28N8O2. The van der Waals surface area contributed by atoms with Crippen LogP contribution in [0.3, 0.4) is 0 Å². The van der Waals surface area contributed by atoms with Crippen LogP contribution in [-0.4, -0.2) is 47.7 Å². The zero-order valence-electron chi connectivity index (χ0n) is 28.2. The molecule has 0 amide bonds. The third-order valence-corrected chi connectivity index (χ3v) is 5.56. The number of nitrogens with zero attached hydrogens (tertiary/aromatic N) is 7. The van der Waals surface area contributed by atoms with Crippen LogP contribution in [0.25, 0.3) is 22.1 Å². The summed E-state index contributed by atoms with van der Waals surface area (Å²) >= 11 is 0. The molecule has 5 rings (SSSR count). The van der Waals surface area contributed by atoms with Gasteiger partial charge in [-0.05, 0) is 32.7 Å². The van der Waals surface area contributed by atoms with Crippen LogP contribution < -0.4 is 21.9 Å². The molecule has 10 nitrogen and oxygen atoms in total. The van der Waals surface area contributed by atoms with Gasteiger partial charge in [0.1, 0.15) is 5.82 Å². The molecule has 1 aliphatic heterocycles. The van der Waals surface area contributed by atoms with Crippen molar-refractivity contribution in [3.05, 3.63) is 56.6 Å². The monoisotopic (exact) mass is 481 g/mol. The Hall–Kier alpha value is -3.97. The second-order valence-corrected chi connectivity index (χ2v) is 7.79. The lowest BCUT2D eigenvalue weighted by Gasteiger charge is -2.31. The number of piperidine rings is 1. The summed E-state index contributed by atoms with van der Waals surface area (Å²) in [4.78, 5) is 40.7. The summed E-state index contributed by atoms with van der Waals surface area (Å²) in [6.45, 7) is -4.48. The van der Waals surface area contributed by atoms with E-state index in [1.165, 1.54) is 14.0 Å². The Morgan fingerprint density at radius 1 is 1.23 bits per heavy atom. The molecule has 4 heterocycles. The van der Waals surface area contributed by atoms with Gasteiger partial charge in [0.15, 0.2) is 11.2 Å². The third kappa shape index (κ3) is 3.98. The van der Waals surface area contributed by atoms with E-state index in [0.717, 1.165) is 19.1 Å². The highest BCUT2D eigenvalue weighted by molar-refractivity contribution is 5.80. The van der Waals surface area contributed by atoms with Crippen LogP contribution in [0.1, 0.15) is 43.5 Å². The number of fused-ring (bicyclic) bond motifs is 2. The Balaban J connectivity index is 1.81. The van der Waals surface area contributed by atoms with Crippen molar-refractivity contribution in [2.24, 2.45) is 12.8 Å². The molecule has 0 bridgehead atoms. The number of hydrogen-bond acceptors (Lipinski definition) is 7. The quantitative estimate of drug-likeness (QED) is 0.435. The molecule has 1 aliphatic rings. The lowest BCUT2D eigenvalue weighted by molar-refractivity contribution is 0.496. The lowest BCUT2D eigenvalue weighted by atomic mass is 10.1. The number of anilines is 1. The molecule has 0 aliphatic carbocycles. The standard InChI is InChI=1S/C25H28N8O2/c1-4-5-13-32-21-22(29-24(32)31-12-8-9-17(26)14-31)30(3)25(35)33(23(21)34)15-20-27-16(2)18-10-6-7-11-19(18)28-20/h6-7,10-11,17H,8-9,12-15,26H2,1-3H3/t17-/m1/s1/i8D2,9D2,12D2,14D2,17D. The molecule has 1 saturated heterocycles. The molecule has 4 aromatic rings. The molecule has 35 heavy (non-hydrogen) atoms. The topological polar surface area (TPSA) is 117 Å². The molecule has 10 heteroatoms. The summed E-state index contributed by atoms with van der Waals surface area (Å²) in [5.74, 6) is 4.73. The van der Waals surface area contributed by atoms with E-state index in [1.54, 1.807) is 19.1 Å². The summed E-state index contributed by atoms with van der Waals surface area (Å²) in [6, 6.07) is 3.81. The summed E-state index contributed by atoms with van der Waals surface area (Å²) in [6.07, 6.45) is -7.11. The van der Waals surface area contributed by atoms with Crippen LogP contribution in [0.15, 0.2) is 33.9 Å². The maximum absolute atomic E-state index is 14.0. The Labute approximate surface area is 214 Å². The number of rotatable bonds is 4. The zero-order chi connectivity index (χ0) is 32.8. The fourth-order valence-electron chi connectivity index (χ4n) is 3.91. The Bertz CT molecular complexity index is 1990. The fraction of sp³-hybridized carbons (Fsp3) is 0.400. The molecular weight excluding hydrogens is 444 g/mol. The maximum Gasteiger partial charge on any atom is 0.332 e. The van der Waals surface area contributed by atoms with Crippen molar-refractivity contribution in [2.45, 2.75) is 45.7 Å². The van der Waals surface area contributed by atoms with Gasteiger partial charge < -0.3 is 10.6 Å². The van der Waals surface area contributed by atoms with Crippen molar-refractivity contribution < 1.29 is 12.3 Å². The van der Waals surface area contributed by atoms with Crippen molar-refractivity contribution in [1.82, 2.24) is 28.7 Å². The minimum absolute atomic E-state index is 0.121. The van der Waals surface area contributed by atoms with Gasteiger partial charge in [0, 0.05) is 46.7 Å². The molecule has 0 saturated carbocycles. The highest BCUT2D eigenvalue weighted by Gasteiger charge is 2.26. The van der Waals surface area contributed by atoms with Crippen LogP contribution in [0.5, 0.6) is 0 Å². The van der Waals surface area contributed by atoms with Crippen LogP contribution in [0.2, 0.25) is 0 Å². The number of hydrogen-bond donors (Lipinski definition) is 1. The van der Waals surface area contributed by atoms with E-state index in [0.29, 0.717) is 11.2 Å². The van der Waals surface area contributed by atoms with Crippen LogP contribution >= 0.6 is 0 Å². The molecule has 3 aromatic heterocycles. The minimum Gasteiger partial charge on any atom is -0.341 e. The molecule has 0 spiro atoms. The van der Waals surface area contributed by atoms with E-state index in [2.05, 4.69) is 26.8 Å². The van der Waals surface area contributed by atoms with E-state index in [1.807, 2.05) is 12.1 Å². The van der Waals surface area contributed by atoms with Gasteiger partial charge in [-0.1, -0.05) is 24.1 Å². The molecule has 2 N–H and O–H groups in total. The van der Waals surface area contributed by atoms with Gasteiger partial charge in [-0.3, -0.25) is 18.5 Å². The van der Waals surface area contributed by atoms with Gasteiger partial charge in [-0.25, -0.2) is 14.8 Å². The SMILES string of the molecule is [2H]C1([2H])N(c2nc3c(c(=O)n(Cc4nc(C)c5ccccc5n4)c(=O)n3C)n2CC#CC)C([2H])([2H])[C@]([2H])(N)C([2H])([2H])C1([2H])[2H]. The van der Waals surface area contributed by atoms with E-state index in [-0.39, 0.29) is 28.4 Å². The average molecular weight is 482 g/mol. The first-order chi connectivity index (χ1) is 20.3. The largest absolute Gasteiger partial charge is 0.341 e. The van der Waals surface area contributed by atoms with Crippen molar-refractivity contribution in [1.29, 1.82) is 0 Å². The minimum atomic E-state index is -3.57. The Kier molecular flexibility index (Phi) is 3.71.